The zero-order valence-corrected chi connectivity index (χ0v) is 32.3. The monoisotopic (exact) mass is 750 g/mol. The summed E-state index contributed by atoms with van der Waals surface area (Å²) in [6.07, 6.45) is 4.61. The highest BCUT2D eigenvalue weighted by atomic mass is 32.1. The number of nitrogens with zero attached hydrogens (tertiary/aromatic N) is 1. The highest BCUT2D eigenvalue weighted by Gasteiger charge is 2.40. The second kappa shape index (κ2) is 14.9. The number of carbonyl (C=O) groups is 4. The fourth-order valence-corrected chi connectivity index (χ4v) is 9.04. The summed E-state index contributed by atoms with van der Waals surface area (Å²) in [5.74, 6) is 0.220. The molecule has 2 aromatic carbocycles. The molecule has 2 aromatic heterocycles. The van der Waals surface area contributed by atoms with E-state index in [-0.39, 0.29) is 29.9 Å². The van der Waals surface area contributed by atoms with Crippen molar-refractivity contribution in [3.63, 3.8) is 0 Å². The Kier molecular flexibility index (Phi) is 10.2. The van der Waals surface area contributed by atoms with Gasteiger partial charge in [-0.05, 0) is 124 Å². The molecule has 2 saturated carbocycles. The van der Waals surface area contributed by atoms with Crippen LogP contribution in [0.15, 0.2) is 47.8 Å². The number of hydrogen-bond donors (Lipinski definition) is 3. The summed E-state index contributed by atoms with van der Waals surface area (Å²) in [7, 11) is 1.26. The van der Waals surface area contributed by atoms with Gasteiger partial charge in [0.25, 0.3) is 11.8 Å². The number of benzene rings is 2. The number of esters is 1. The first-order valence-corrected chi connectivity index (χ1v) is 19.3. The normalized spacial score (nSPS) is 18.4. The smallest absolute Gasteiger partial charge is 0.407 e. The van der Waals surface area contributed by atoms with E-state index in [4.69, 9.17) is 14.2 Å². The second-order valence-electron chi connectivity index (χ2n) is 15.5. The number of nitrogens with one attached hydrogen (secondary N) is 3. The van der Waals surface area contributed by atoms with E-state index in [0.717, 1.165) is 52.0 Å². The third-order valence-corrected chi connectivity index (χ3v) is 11.5. The Labute approximate surface area is 319 Å². The molecule has 2 aliphatic carbocycles. The highest BCUT2D eigenvalue weighted by molar-refractivity contribution is 7.13. The van der Waals surface area contributed by atoms with Crippen molar-refractivity contribution in [2.45, 2.75) is 84.9 Å². The first-order chi connectivity index (χ1) is 25.8. The van der Waals surface area contributed by atoms with E-state index in [0.29, 0.717) is 53.0 Å². The highest BCUT2D eigenvalue weighted by Crippen LogP contribution is 2.45. The van der Waals surface area contributed by atoms with Gasteiger partial charge >= 0.3 is 12.1 Å². The van der Waals surface area contributed by atoms with Gasteiger partial charge < -0.3 is 30.2 Å². The maximum absolute atomic E-state index is 14.5. The van der Waals surface area contributed by atoms with Crippen LogP contribution in [0.5, 0.6) is 5.75 Å². The molecular formula is C42H46N4O7S. The number of fused-ring (bicyclic) bond motifs is 5. The standard InChI is InChI=1S/C42H46N4O7S/c1-22-15-25(21-43-41(50)53-42(3,4)5)16-23(2)35(22)46-38(47)30-19-31-34(52-13-11-26-12-14-54-37(26)31)20-29(30)28-9-10-32(44-36(28)40(49)51-6)39(48)45-33-18-24-7-8-27(33)17-24/h9-10,12,14-16,19-20,24,27,33H,7-8,11,13,17-18,21H2,1-6H3,(H,43,50)(H,45,48)(H,46,47). The van der Waals surface area contributed by atoms with Crippen LogP contribution in [0.1, 0.15) is 100 Å². The van der Waals surface area contributed by atoms with Crippen molar-refractivity contribution in [2.75, 3.05) is 19.0 Å². The van der Waals surface area contributed by atoms with E-state index in [1.807, 2.05) is 31.4 Å². The second-order valence-corrected chi connectivity index (χ2v) is 16.4. The van der Waals surface area contributed by atoms with Crippen molar-refractivity contribution < 1.29 is 33.4 Å². The molecule has 0 spiro atoms. The first kappa shape index (κ1) is 37.1. The van der Waals surface area contributed by atoms with Crippen LogP contribution in [0, 0.1) is 25.7 Å². The van der Waals surface area contributed by atoms with E-state index in [9.17, 15) is 19.2 Å². The van der Waals surface area contributed by atoms with Gasteiger partial charge in [-0.2, -0.15) is 0 Å². The SMILES string of the molecule is COC(=O)c1nc(C(=O)NC2CC3CCC2C3)ccc1-c1cc2c(cc1C(=O)Nc1c(C)cc(CNC(=O)OC(C)(C)C)cc1C)-c1sccc1CCO2. The van der Waals surface area contributed by atoms with Crippen LogP contribution in [0.4, 0.5) is 10.5 Å². The summed E-state index contributed by atoms with van der Waals surface area (Å²) in [5.41, 5.74) is 5.42. The van der Waals surface area contributed by atoms with E-state index < -0.39 is 23.6 Å². The molecule has 1 aliphatic heterocycles. The Morgan fingerprint density at radius 1 is 0.944 bits per heavy atom. The lowest BCUT2D eigenvalue weighted by Crippen LogP contribution is -2.39. The molecule has 11 nitrogen and oxygen atoms in total. The number of anilines is 1. The molecule has 3 atom stereocenters. The molecule has 4 aromatic rings. The van der Waals surface area contributed by atoms with Gasteiger partial charge in [-0.3, -0.25) is 9.59 Å². The molecular weight excluding hydrogens is 705 g/mol. The number of ether oxygens (including phenoxy) is 3. The maximum atomic E-state index is 14.5. The van der Waals surface area contributed by atoms with Gasteiger partial charge in [0.2, 0.25) is 0 Å². The molecule has 0 saturated heterocycles. The maximum Gasteiger partial charge on any atom is 0.407 e. The predicted octanol–water partition coefficient (Wildman–Crippen LogP) is 8.01. The molecule has 3 heterocycles. The van der Waals surface area contributed by atoms with Gasteiger partial charge in [0, 0.05) is 51.8 Å². The van der Waals surface area contributed by atoms with E-state index in [2.05, 4.69) is 27.0 Å². The molecule has 2 bridgehead atoms. The van der Waals surface area contributed by atoms with Crippen molar-refractivity contribution in [1.29, 1.82) is 0 Å². The van der Waals surface area contributed by atoms with Crippen LogP contribution in [0.2, 0.25) is 0 Å². The zero-order valence-electron chi connectivity index (χ0n) is 31.5. The minimum atomic E-state index is -0.732. The molecule has 0 radical (unpaired) electrons. The average Bonchev–Trinajstić information content (AvgIpc) is 3.87. The lowest BCUT2D eigenvalue weighted by molar-refractivity contribution is 0.0521. The third-order valence-electron chi connectivity index (χ3n) is 10.5. The molecule has 54 heavy (non-hydrogen) atoms. The number of amides is 3. The number of aryl methyl sites for hydroxylation is 2. The Hall–Kier alpha value is -5.23. The van der Waals surface area contributed by atoms with Crippen LogP contribution >= 0.6 is 11.3 Å². The van der Waals surface area contributed by atoms with Gasteiger partial charge in [-0.25, -0.2) is 14.6 Å². The number of pyridine rings is 1. The summed E-state index contributed by atoms with van der Waals surface area (Å²) in [4.78, 5) is 59.2. The molecule has 3 aliphatic rings. The summed E-state index contributed by atoms with van der Waals surface area (Å²) in [5, 5.41) is 11.1. The molecule has 3 amide bonds. The third kappa shape index (κ3) is 7.70. The van der Waals surface area contributed by atoms with E-state index >= 15 is 0 Å². The Bertz CT molecular complexity index is 2130. The van der Waals surface area contributed by atoms with E-state index in [1.165, 1.54) is 13.5 Å². The first-order valence-electron chi connectivity index (χ1n) is 18.4. The van der Waals surface area contributed by atoms with Crippen molar-refractivity contribution in [3.05, 3.63) is 87.0 Å². The van der Waals surface area contributed by atoms with Gasteiger partial charge in [-0.1, -0.05) is 18.6 Å². The molecule has 12 heteroatoms. The van der Waals surface area contributed by atoms with Gasteiger partial charge in [0.1, 0.15) is 17.0 Å². The van der Waals surface area contributed by atoms with Gasteiger partial charge in [0.05, 0.1) is 13.7 Å². The van der Waals surface area contributed by atoms with Crippen LogP contribution in [0.3, 0.4) is 0 Å². The average molecular weight is 751 g/mol. The van der Waals surface area contributed by atoms with Crippen LogP contribution in [-0.4, -0.2) is 54.2 Å². The fraction of sp³-hybridized carbons (Fsp3) is 0.405. The predicted molar refractivity (Wildman–Crippen MR) is 207 cm³/mol. The number of thiophene rings is 1. The summed E-state index contributed by atoms with van der Waals surface area (Å²) < 4.78 is 16.8. The zero-order chi connectivity index (χ0) is 38.3. The Morgan fingerprint density at radius 3 is 2.41 bits per heavy atom. The summed E-state index contributed by atoms with van der Waals surface area (Å²) in [6.45, 7) is 9.90. The Balaban J connectivity index is 1.24. The molecule has 3 N–H and O–H groups in total. The van der Waals surface area contributed by atoms with Crippen molar-refractivity contribution in [1.82, 2.24) is 15.6 Å². The minimum Gasteiger partial charge on any atom is -0.493 e. The Morgan fingerprint density at radius 2 is 1.72 bits per heavy atom. The summed E-state index contributed by atoms with van der Waals surface area (Å²) in [6, 6.07) is 12.8. The minimum absolute atomic E-state index is 0.0771. The lowest BCUT2D eigenvalue weighted by Gasteiger charge is -2.23. The number of alkyl carbamates (subject to hydrolysis) is 1. The number of rotatable bonds is 8. The van der Waals surface area contributed by atoms with Crippen LogP contribution < -0.4 is 20.7 Å². The molecule has 2 fully saturated rings. The fourth-order valence-electron chi connectivity index (χ4n) is 8.07. The van der Waals surface area contributed by atoms with Crippen molar-refractivity contribution in [2.24, 2.45) is 11.8 Å². The molecule has 3 unspecified atom stereocenters. The van der Waals surface area contributed by atoms with Crippen molar-refractivity contribution >= 4 is 40.9 Å². The number of aromatic nitrogens is 1. The quantitative estimate of drug-likeness (QED) is 0.154. The topological polar surface area (TPSA) is 145 Å². The van der Waals surface area contributed by atoms with Crippen molar-refractivity contribution in [3.8, 4) is 27.3 Å². The molecule has 282 valence electrons. The molecule has 7 rings (SSSR count). The van der Waals surface area contributed by atoms with Gasteiger partial charge in [-0.15, -0.1) is 11.3 Å². The van der Waals surface area contributed by atoms with Crippen LogP contribution in [0.25, 0.3) is 21.6 Å². The largest absolute Gasteiger partial charge is 0.493 e. The lowest BCUT2D eigenvalue weighted by atomic mass is 9.93. The van der Waals surface area contributed by atoms with Crippen LogP contribution in [-0.2, 0) is 22.4 Å². The summed E-state index contributed by atoms with van der Waals surface area (Å²) >= 11 is 1.58. The van der Waals surface area contributed by atoms with E-state index in [1.54, 1.807) is 56.4 Å². The number of methoxy groups -OCH3 is 1. The number of carbonyl (C=O) groups excluding carboxylic acids is 4. The van der Waals surface area contributed by atoms with Gasteiger partial charge in [0.15, 0.2) is 5.69 Å². The number of hydrogen-bond acceptors (Lipinski definition) is 9.